The van der Waals surface area contributed by atoms with E-state index in [2.05, 4.69) is 44.4 Å². The first kappa shape index (κ1) is 16.2. The van der Waals surface area contributed by atoms with Crippen LogP contribution in [0.2, 0.25) is 0 Å². The van der Waals surface area contributed by atoms with Gasteiger partial charge in [0.1, 0.15) is 0 Å². The van der Waals surface area contributed by atoms with Gasteiger partial charge in [0.25, 0.3) is 0 Å². The molecule has 2 aromatic rings. The molecular formula is C16H19BrN2OS2. The summed E-state index contributed by atoms with van der Waals surface area (Å²) in [6.07, 6.45) is 1.51. The van der Waals surface area contributed by atoms with Crippen LogP contribution in [-0.2, 0) is 17.8 Å². The number of thiophene rings is 2. The Labute approximate surface area is 147 Å². The highest BCUT2D eigenvalue weighted by atomic mass is 79.9. The Hall–Kier alpha value is -0.690. The number of carbonyl (C=O) groups is 1. The third-order valence-electron chi connectivity index (χ3n) is 3.90. The van der Waals surface area contributed by atoms with E-state index in [9.17, 15) is 4.79 Å². The van der Waals surface area contributed by atoms with Crippen LogP contribution in [0.15, 0.2) is 33.4 Å². The molecule has 0 bridgehead atoms. The zero-order valence-electron chi connectivity index (χ0n) is 12.3. The monoisotopic (exact) mass is 398 g/mol. The number of amides is 1. The van der Waals surface area contributed by atoms with Gasteiger partial charge in [-0.2, -0.15) is 0 Å². The molecule has 1 fully saturated rings. The van der Waals surface area contributed by atoms with Crippen LogP contribution in [0.4, 0.5) is 0 Å². The number of carbonyl (C=O) groups excluding carboxylic acids is 1. The fourth-order valence-corrected chi connectivity index (χ4v) is 4.89. The summed E-state index contributed by atoms with van der Waals surface area (Å²) >= 11 is 7.03. The second-order valence-electron chi connectivity index (χ2n) is 5.44. The molecular weight excluding hydrogens is 380 g/mol. The van der Waals surface area contributed by atoms with E-state index in [1.165, 1.54) is 13.5 Å². The fraction of sp³-hybridized carbons (Fsp3) is 0.438. The van der Waals surface area contributed by atoms with E-state index in [0.29, 0.717) is 12.3 Å². The minimum absolute atomic E-state index is 0.298. The van der Waals surface area contributed by atoms with Crippen molar-refractivity contribution in [3.8, 4) is 0 Å². The van der Waals surface area contributed by atoms with Crippen LogP contribution in [0.3, 0.4) is 0 Å². The first-order chi connectivity index (χ1) is 10.7. The molecule has 3 rings (SSSR count). The van der Waals surface area contributed by atoms with E-state index < -0.39 is 0 Å². The van der Waals surface area contributed by atoms with Crippen LogP contribution in [0.5, 0.6) is 0 Å². The molecule has 3 heterocycles. The first-order valence-electron chi connectivity index (χ1n) is 7.47. The van der Waals surface area contributed by atoms with Crippen LogP contribution in [0.25, 0.3) is 0 Å². The van der Waals surface area contributed by atoms with Gasteiger partial charge in [-0.05, 0) is 45.9 Å². The van der Waals surface area contributed by atoms with Gasteiger partial charge in [-0.3, -0.25) is 9.69 Å². The van der Waals surface area contributed by atoms with E-state index in [1.54, 1.807) is 22.7 Å². The lowest BCUT2D eigenvalue weighted by atomic mass is 10.2. The molecule has 0 aromatic carbocycles. The lowest BCUT2D eigenvalue weighted by Gasteiger charge is -2.34. The quantitative estimate of drug-likeness (QED) is 0.763. The van der Waals surface area contributed by atoms with Crippen LogP contribution >= 0.6 is 38.6 Å². The Morgan fingerprint density at radius 1 is 1.14 bits per heavy atom. The van der Waals surface area contributed by atoms with Crippen LogP contribution in [-0.4, -0.2) is 41.9 Å². The highest BCUT2D eigenvalue weighted by Gasteiger charge is 2.21. The molecule has 0 unspecified atom stereocenters. The van der Waals surface area contributed by atoms with Gasteiger partial charge >= 0.3 is 0 Å². The van der Waals surface area contributed by atoms with E-state index in [1.807, 2.05) is 11.0 Å². The molecule has 118 valence electrons. The predicted octanol–water partition coefficient (Wildman–Crippen LogP) is 3.85. The van der Waals surface area contributed by atoms with Crippen molar-refractivity contribution in [2.45, 2.75) is 19.4 Å². The number of piperazine rings is 1. The van der Waals surface area contributed by atoms with Gasteiger partial charge in [0.2, 0.25) is 5.91 Å². The van der Waals surface area contributed by atoms with Gasteiger partial charge in [-0.1, -0.05) is 6.07 Å². The molecule has 1 aliphatic rings. The average Bonchev–Trinajstić information content (AvgIpc) is 3.17. The average molecular weight is 399 g/mol. The van der Waals surface area contributed by atoms with Crippen molar-refractivity contribution in [1.29, 1.82) is 0 Å². The van der Waals surface area contributed by atoms with E-state index in [4.69, 9.17) is 0 Å². The molecule has 2 aromatic heterocycles. The summed E-state index contributed by atoms with van der Waals surface area (Å²) in [5.74, 6) is 0.298. The minimum Gasteiger partial charge on any atom is -0.340 e. The highest BCUT2D eigenvalue weighted by molar-refractivity contribution is 9.11. The summed E-state index contributed by atoms with van der Waals surface area (Å²) in [6, 6.07) is 8.43. The molecule has 0 atom stereocenters. The fourth-order valence-electron chi connectivity index (χ4n) is 2.66. The Kier molecular flexibility index (Phi) is 5.68. The molecule has 0 saturated carbocycles. The maximum absolute atomic E-state index is 12.3. The van der Waals surface area contributed by atoms with Crippen LogP contribution < -0.4 is 0 Å². The Balaban J connectivity index is 1.42. The second-order valence-corrected chi connectivity index (χ2v) is 9.02. The third kappa shape index (κ3) is 4.41. The van der Waals surface area contributed by atoms with E-state index >= 15 is 0 Å². The van der Waals surface area contributed by atoms with E-state index in [0.717, 1.165) is 39.1 Å². The number of hydrogen-bond donors (Lipinski definition) is 0. The topological polar surface area (TPSA) is 23.6 Å². The largest absolute Gasteiger partial charge is 0.340 e. The molecule has 0 spiro atoms. The molecule has 1 saturated heterocycles. The second kappa shape index (κ2) is 7.73. The van der Waals surface area contributed by atoms with Crippen LogP contribution in [0, 0.1) is 0 Å². The zero-order valence-corrected chi connectivity index (χ0v) is 15.6. The molecule has 6 heteroatoms. The van der Waals surface area contributed by atoms with Crippen LogP contribution in [0.1, 0.15) is 16.2 Å². The zero-order chi connectivity index (χ0) is 15.4. The maximum atomic E-state index is 12.3. The summed E-state index contributed by atoms with van der Waals surface area (Å²) in [7, 11) is 0. The van der Waals surface area contributed by atoms with Crippen molar-refractivity contribution in [2.75, 3.05) is 26.2 Å². The third-order valence-corrected chi connectivity index (χ3v) is 6.44. The first-order valence-corrected chi connectivity index (χ1v) is 9.96. The van der Waals surface area contributed by atoms with Crippen molar-refractivity contribution in [1.82, 2.24) is 9.80 Å². The molecule has 3 nitrogen and oxygen atoms in total. The summed E-state index contributed by atoms with van der Waals surface area (Å²) in [5, 5.41) is 2.07. The van der Waals surface area contributed by atoms with Crippen molar-refractivity contribution in [2.24, 2.45) is 0 Å². The van der Waals surface area contributed by atoms with Crippen molar-refractivity contribution >= 4 is 44.5 Å². The summed E-state index contributed by atoms with van der Waals surface area (Å²) < 4.78 is 1.19. The molecule has 0 N–H and O–H groups in total. The van der Waals surface area contributed by atoms with Gasteiger partial charge in [0, 0.05) is 48.9 Å². The van der Waals surface area contributed by atoms with Crippen molar-refractivity contribution in [3.05, 3.63) is 43.2 Å². The summed E-state index contributed by atoms with van der Waals surface area (Å²) in [6.45, 7) is 4.65. The van der Waals surface area contributed by atoms with Crippen molar-refractivity contribution < 1.29 is 4.79 Å². The van der Waals surface area contributed by atoms with Gasteiger partial charge < -0.3 is 4.90 Å². The molecule has 0 radical (unpaired) electrons. The minimum atomic E-state index is 0.298. The number of rotatable bonds is 5. The molecule has 1 amide bonds. The highest BCUT2D eigenvalue weighted by Crippen LogP contribution is 2.23. The number of nitrogens with zero attached hydrogens (tertiary/aromatic N) is 2. The molecule has 1 aliphatic heterocycles. The van der Waals surface area contributed by atoms with Gasteiger partial charge in [0.05, 0.1) is 3.79 Å². The maximum Gasteiger partial charge on any atom is 0.223 e. The lowest BCUT2D eigenvalue weighted by molar-refractivity contribution is -0.132. The number of aryl methyl sites for hydroxylation is 1. The standard InChI is InChI=1S/C16H19BrN2OS2/c17-15-5-3-14(22-15)12-18-7-9-19(10-8-18)16(20)6-4-13-2-1-11-21-13/h1-3,5,11H,4,6-10,12H2. The Morgan fingerprint density at radius 3 is 2.59 bits per heavy atom. The molecule has 22 heavy (non-hydrogen) atoms. The SMILES string of the molecule is O=C(CCc1cccs1)N1CCN(Cc2ccc(Br)s2)CC1. The van der Waals surface area contributed by atoms with Gasteiger partial charge in [-0.25, -0.2) is 0 Å². The lowest BCUT2D eigenvalue weighted by Crippen LogP contribution is -2.48. The van der Waals surface area contributed by atoms with Crippen molar-refractivity contribution in [3.63, 3.8) is 0 Å². The van der Waals surface area contributed by atoms with E-state index in [-0.39, 0.29) is 0 Å². The van der Waals surface area contributed by atoms with Gasteiger partial charge in [0.15, 0.2) is 0 Å². The number of hydrogen-bond acceptors (Lipinski definition) is 4. The number of halogens is 1. The Bertz CT molecular complexity index is 603. The smallest absolute Gasteiger partial charge is 0.223 e. The predicted molar refractivity (Wildman–Crippen MR) is 96.5 cm³/mol. The summed E-state index contributed by atoms with van der Waals surface area (Å²) in [5.41, 5.74) is 0. The van der Waals surface area contributed by atoms with Gasteiger partial charge in [-0.15, -0.1) is 22.7 Å². The molecule has 0 aliphatic carbocycles. The Morgan fingerprint density at radius 2 is 1.95 bits per heavy atom. The normalized spacial score (nSPS) is 16.1. The summed E-state index contributed by atoms with van der Waals surface area (Å²) in [4.78, 5) is 19.4.